The highest BCUT2D eigenvalue weighted by atomic mass is 35.5. The summed E-state index contributed by atoms with van der Waals surface area (Å²) in [5, 5.41) is 14.2. The maximum atomic E-state index is 12.1. The van der Waals surface area contributed by atoms with E-state index in [-0.39, 0.29) is 27.5 Å². The summed E-state index contributed by atoms with van der Waals surface area (Å²) in [5.74, 6) is -1.37. The summed E-state index contributed by atoms with van der Waals surface area (Å²) in [7, 11) is 1.52. The van der Waals surface area contributed by atoms with Crippen LogP contribution in [-0.2, 0) is 4.74 Å². The number of nitro benzene ring substituents is 1. The van der Waals surface area contributed by atoms with Crippen LogP contribution in [0.1, 0.15) is 20.7 Å². The standard InChI is InChI=1S/C16H12Cl2N2O5/c1-19-13-5-2-9(6-14(13)20(23)24)16(22)25-8-15(21)11-4-3-10(17)7-12(11)18/h2-7,19H,8H2,1H3. The lowest BCUT2D eigenvalue weighted by molar-refractivity contribution is -0.384. The van der Waals surface area contributed by atoms with Crippen molar-refractivity contribution in [2.45, 2.75) is 0 Å². The summed E-state index contributed by atoms with van der Waals surface area (Å²) in [6.07, 6.45) is 0. The van der Waals surface area contributed by atoms with Crippen LogP contribution in [0.4, 0.5) is 11.4 Å². The third kappa shape index (κ3) is 4.46. The maximum Gasteiger partial charge on any atom is 0.338 e. The van der Waals surface area contributed by atoms with Crippen molar-refractivity contribution >= 4 is 46.3 Å². The van der Waals surface area contributed by atoms with E-state index >= 15 is 0 Å². The third-order valence-electron chi connectivity index (χ3n) is 3.27. The third-order valence-corrected chi connectivity index (χ3v) is 3.81. The zero-order valence-electron chi connectivity index (χ0n) is 12.9. The number of nitrogens with one attached hydrogen (secondary N) is 1. The lowest BCUT2D eigenvalue weighted by Crippen LogP contribution is -2.15. The molecule has 0 aliphatic heterocycles. The zero-order valence-corrected chi connectivity index (χ0v) is 14.4. The molecule has 0 fully saturated rings. The fourth-order valence-corrected chi connectivity index (χ4v) is 2.54. The van der Waals surface area contributed by atoms with Crippen molar-refractivity contribution in [3.05, 3.63) is 67.7 Å². The molecule has 0 saturated heterocycles. The number of rotatable bonds is 6. The Morgan fingerprint density at radius 3 is 2.52 bits per heavy atom. The molecule has 0 aliphatic rings. The Morgan fingerprint density at radius 1 is 1.20 bits per heavy atom. The van der Waals surface area contributed by atoms with E-state index < -0.39 is 23.3 Å². The summed E-state index contributed by atoms with van der Waals surface area (Å²) in [4.78, 5) is 34.5. The Morgan fingerprint density at radius 2 is 1.92 bits per heavy atom. The predicted octanol–water partition coefficient (Wildman–Crippen LogP) is 3.98. The van der Waals surface area contributed by atoms with Gasteiger partial charge in [-0.15, -0.1) is 0 Å². The lowest BCUT2D eigenvalue weighted by atomic mass is 10.1. The number of nitrogens with zero attached hydrogens (tertiary/aromatic N) is 1. The van der Waals surface area contributed by atoms with Crippen molar-refractivity contribution < 1.29 is 19.2 Å². The lowest BCUT2D eigenvalue weighted by Gasteiger charge is -2.07. The van der Waals surface area contributed by atoms with E-state index in [2.05, 4.69) is 5.32 Å². The van der Waals surface area contributed by atoms with Crippen molar-refractivity contribution in [2.24, 2.45) is 0 Å². The molecule has 130 valence electrons. The van der Waals surface area contributed by atoms with Crippen molar-refractivity contribution in [1.29, 1.82) is 0 Å². The van der Waals surface area contributed by atoms with Gasteiger partial charge in [-0.1, -0.05) is 23.2 Å². The number of hydrogen-bond acceptors (Lipinski definition) is 6. The van der Waals surface area contributed by atoms with Gasteiger partial charge in [-0.25, -0.2) is 4.79 Å². The van der Waals surface area contributed by atoms with Gasteiger partial charge in [0, 0.05) is 23.7 Å². The number of nitro groups is 1. The molecule has 9 heteroatoms. The van der Waals surface area contributed by atoms with Gasteiger partial charge in [0.2, 0.25) is 5.78 Å². The van der Waals surface area contributed by atoms with Crippen LogP contribution < -0.4 is 5.32 Å². The van der Waals surface area contributed by atoms with Crippen molar-refractivity contribution in [3.8, 4) is 0 Å². The van der Waals surface area contributed by atoms with Gasteiger partial charge in [-0.2, -0.15) is 0 Å². The molecule has 2 aromatic carbocycles. The van der Waals surface area contributed by atoms with Gasteiger partial charge >= 0.3 is 5.97 Å². The number of carbonyl (C=O) groups excluding carboxylic acids is 2. The second-order valence-corrected chi connectivity index (χ2v) is 5.71. The molecule has 1 N–H and O–H groups in total. The molecule has 0 aliphatic carbocycles. The predicted molar refractivity (Wildman–Crippen MR) is 93.7 cm³/mol. The molecule has 0 spiro atoms. The highest BCUT2D eigenvalue weighted by molar-refractivity contribution is 6.36. The van der Waals surface area contributed by atoms with Crippen molar-refractivity contribution in [3.63, 3.8) is 0 Å². The summed E-state index contributed by atoms with van der Waals surface area (Å²) in [6.45, 7) is -0.554. The minimum Gasteiger partial charge on any atom is -0.454 e. The number of halogens is 2. The Labute approximate surface area is 152 Å². The maximum absolute atomic E-state index is 12.1. The molecule has 2 rings (SSSR count). The SMILES string of the molecule is CNc1ccc(C(=O)OCC(=O)c2ccc(Cl)cc2Cl)cc1[N+](=O)[O-]. The molecule has 0 unspecified atom stereocenters. The summed E-state index contributed by atoms with van der Waals surface area (Å²) in [5.41, 5.74) is 0.102. The molecular weight excluding hydrogens is 371 g/mol. The van der Waals surface area contributed by atoms with E-state index in [0.29, 0.717) is 5.02 Å². The van der Waals surface area contributed by atoms with E-state index in [9.17, 15) is 19.7 Å². The van der Waals surface area contributed by atoms with Gasteiger partial charge in [0.05, 0.1) is 15.5 Å². The smallest absolute Gasteiger partial charge is 0.338 e. The Kier molecular flexibility index (Phi) is 5.95. The molecule has 0 amide bonds. The molecule has 0 saturated carbocycles. The second-order valence-electron chi connectivity index (χ2n) is 4.86. The fourth-order valence-electron chi connectivity index (χ4n) is 2.03. The van der Waals surface area contributed by atoms with Crippen molar-refractivity contribution in [2.75, 3.05) is 19.0 Å². The second kappa shape index (κ2) is 7.96. The minimum absolute atomic E-state index is 0.0410. The average Bonchev–Trinajstić information content (AvgIpc) is 2.58. The highest BCUT2D eigenvalue weighted by Gasteiger charge is 2.19. The minimum atomic E-state index is -0.857. The largest absolute Gasteiger partial charge is 0.454 e. The molecule has 25 heavy (non-hydrogen) atoms. The van der Waals surface area contributed by atoms with Gasteiger partial charge in [-0.3, -0.25) is 14.9 Å². The molecule has 7 nitrogen and oxygen atoms in total. The van der Waals surface area contributed by atoms with Crippen LogP contribution in [0.5, 0.6) is 0 Å². The van der Waals surface area contributed by atoms with E-state index in [1.54, 1.807) is 0 Å². The topological polar surface area (TPSA) is 98.5 Å². The van der Waals surface area contributed by atoms with Crippen LogP contribution in [0.25, 0.3) is 0 Å². The first kappa shape index (κ1) is 18.7. The summed E-state index contributed by atoms with van der Waals surface area (Å²) in [6, 6.07) is 8.13. The monoisotopic (exact) mass is 382 g/mol. The van der Waals surface area contributed by atoms with Crippen LogP contribution in [-0.4, -0.2) is 30.3 Å². The van der Waals surface area contributed by atoms with Crippen LogP contribution in [0.2, 0.25) is 10.0 Å². The summed E-state index contributed by atoms with van der Waals surface area (Å²) >= 11 is 11.7. The first-order valence-corrected chi connectivity index (χ1v) is 7.70. The van der Waals surface area contributed by atoms with Crippen LogP contribution in [0.15, 0.2) is 36.4 Å². The number of ether oxygens (including phenoxy) is 1. The molecule has 2 aromatic rings. The number of ketones is 1. The molecule has 0 radical (unpaired) electrons. The molecule has 0 aromatic heterocycles. The first-order valence-electron chi connectivity index (χ1n) is 6.95. The highest BCUT2D eigenvalue weighted by Crippen LogP contribution is 2.25. The van der Waals surface area contributed by atoms with E-state index in [0.717, 1.165) is 6.07 Å². The molecule has 0 heterocycles. The average molecular weight is 383 g/mol. The number of esters is 1. The molecule has 0 bridgehead atoms. The van der Waals surface area contributed by atoms with Crippen LogP contribution >= 0.6 is 23.2 Å². The van der Waals surface area contributed by atoms with Gasteiger partial charge < -0.3 is 10.1 Å². The van der Waals surface area contributed by atoms with Gasteiger partial charge in [-0.05, 0) is 30.3 Å². The number of benzene rings is 2. The van der Waals surface area contributed by atoms with Crippen LogP contribution in [0, 0.1) is 10.1 Å². The van der Waals surface area contributed by atoms with Crippen LogP contribution in [0.3, 0.4) is 0 Å². The number of anilines is 1. The van der Waals surface area contributed by atoms with E-state index in [1.165, 1.54) is 37.4 Å². The fraction of sp³-hybridized carbons (Fsp3) is 0.125. The molecular formula is C16H12Cl2N2O5. The van der Waals surface area contributed by atoms with Gasteiger partial charge in [0.1, 0.15) is 5.69 Å². The van der Waals surface area contributed by atoms with Gasteiger partial charge in [0.15, 0.2) is 6.61 Å². The van der Waals surface area contributed by atoms with E-state index in [1.807, 2.05) is 0 Å². The quantitative estimate of drug-likeness (QED) is 0.351. The Hall–Kier alpha value is -2.64. The normalized spacial score (nSPS) is 10.2. The summed E-state index contributed by atoms with van der Waals surface area (Å²) < 4.78 is 4.91. The van der Waals surface area contributed by atoms with E-state index in [4.69, 9.17) is 27.9 Å². The number of hydrogen-bond donors (Lipinski definition) is 1. The number of carbonyl (C=O) groups is 2. The Balaban J connectivity index is 2.11. The Bertz CT molecular complexity index is 854. The van der Waals surface area contributed by atoms with Gasteiger partial charge in [0.25, 0.3) is 5.69 Å². The first-order chi connectivity index (χ1) is 11.8. The molecule has 0 atom stereocenters. The van der Waals surface area contributed by atoms with Crippen molar-refractivity contribution in [1.82, 2.24) is 0 Å². The zero-order chi connectivity index (χ0) is 18.6. The number of Topliss-reactive ketones (excluding diaryl/α,β-unsaturated/α-hetero) is 1.